The molecule has 0 radical (unpaired) electrons. The number of benzene rings is 2. The first-order valence-electron chi connectivity index (χ1n) is 7.86. The van der Waals surface area contributed by atoms with Crippen molar-refractivity contribution in [2.24, 2.45) is 0 Å². The largest absolute Gasteiger partial charge is 0.356 e. The molecule has 5 heteroatoms. The lowest BCUT2D eigenvalue weighted by Crippen LogP contribution is -1.90. The molecule has 0 aliphatic carbocycles. The van der Waals surface area contributed by atoms with Crippen molar-refractivity contribution < 1.29 is 0 Å². The highest BCUT2D eigenvalue weighted by molar-refractivity contribution is 5.69. The van der Waals surface area contributed by atoms with Gasteiger partial charge in [0.1, 0.15) is 12.7 Å². The second kappa shape index (κ2) is 6.88. The van der Waals surface area contributed by atoms with E-state index in [4.69, 9.17) is 0 Å². The number of anilines is 2. The molecule has 2 aromatic heterocycles. The first kappa shape index (κ1) is 15.0. The van der Waals surface area contributed by atoms with Crippen LogP contribution in [0.15, 0.2) is 86.0 Å². The Kier molecular flexibility index (Phi) is 4.12. The number of nitrogens with zero attached hydrogens (tertiary/aromatic N) is 4. The predicted octanol–water partition coefficient (Wildman–Crippen LogP) is 4.34. The molecule has 0 atom stereocenters. The van der Waals surface area contributed by atoms with E-state index in [1.165, 1.54) is 12.7 Å². The third-order valence-electron chi connectivity index (χ3n) is 3.85. The number of hydrogen-bond acceptors (Lipinski definition) is 5. The molecule has 0 unspecified atom stereocenters. The van der Waals surface area contributed by atoms with Crippen LogP contribution in [0.3, 0.4) is 0 Å². The van der Waals surface area contributed by atoms with E-state index in [9.17, 15) is 0 Å². The molecule has 25 heavy (non-hydrogen) atoms. The van der Waals surface area contributed by atoms with Crippen molar-refractivity contribution in [2.75, 3.05) is 5.32 Å². The summed E-state index contributed by atoms with van der Waals surface area (Å²) in [4.78, 5) is 16.2. The molecule has 4 aromatic rings. The van der Waals surface area contributed by atoms with Crippen LogP contribution in [0, 0.1) is 0 Å². The highest BCUT2D eigenvalue weighted by atomic mass is 14.9. The number of nitrogens with one attached hydrogen (secondary N) is 1. The van der Waals surface area contributed by atoms with Crippen LogP contribution in [0.1, 0.15) is 0 Å². The number of rotatable bonds is 4. The Hall–Kier alpha value is -3.60. The molecule has 0 saturated heterocycles. The Morgan fingerprint density at radius 3 is 1.16 bits per heavy atom. The Balaban J connectivity index is 1.49. The summed E-state index contributed by atoms with van der Waals surface area (Å²) in [5, 5.41) is 3.40. The molecule has 0 saturated carbocycles. The van der Waals surface area contributed by atoms with E-state index in [-0.39, 0.29) is 0 Å². The van der Waals surface area contributed by atoms with E-state index in [1.807, 2.05) is 24.3 Å². The van der Waals surface area contributed by atoms with Crippen molar-refractivity contribution in [2.45, 2.75) is 0 Å². The van der Waals surface area contributed by atoms with Crippen LogP contribution in [0.2, 0.25) is 0 Å². The standard InChI is InChI=1S/C20H15N5/c1-5-19(6-2-15(1)17-9-21-13-22-10-17)25-20-7-3-16(4-8-20)18-11-23-14-24-12-18/h1-14,25H. The van der Waals surface area contributed by atoms with Gasteiger partial charge >= 0.3 is 0 Å². The van der Waals surface area contributed by atoms with Crippen LogP contribution in [-0.2, 0) is 0 Å². The van der Waals surface area contributed by atoms with Gasteiger partial charge in [-0.2, -0.15) is 0 Å². The molecule has 120 valence electrons. The number of hydrogen-bond donors (Lipinski definition) is 1. The molecule has 0 aliphatic rings. The van der Waals surface area contributed by atoms with Gasteiger partial charge in [-0.05, 0) is 35.4 Å². The van der Waals surface area contributed by atoms with Crippen molar-refractivity contribution in [3.8, 4) is 22.3 Å². The Labute approximate surface area is 145 Å². The zero-order valence-corrected chi connectivity index (χ0v) is 13.4. The summed E-state index contributed by atoms with van der Waals surface area (Å²) in [5.41, 5.74) is 6.23. The molecular formula is C20H15N5. The summed E-state index contributed by atoms with van der Waals surface area (Å²) in [6.45, 7) is 0. The average molecular weight is 325 g/mol. The lowest BCUT2D eigenvalue weighted by atomic mass is 10.1. The molecular weight excluding hydrogens is 310 g/mol. The summed E-state index contributed by atoms with van der Waals surface area (Å²) in [6.07, 6.45) is 10.3. The third-order valence-corrected chi connectivity index (χ3v) is 3.85. The fraction of sp³-hybridized carbons (Fsp3) is 0. The average Bonchev–Trinajstić information content (AvgIpc) is 2.71. The highest BCUT2D eigenvalue weighted by Crippen LogP contribution is 2.24. The normalized spacial score (nSPS) is 10.4. The summed E-state index contributed by atoms with van der Waals surface area (Å²) in [6, 6.07) is 16.4. The van der Waals surface area contributed by atoms with Gasteiger partial charge in [0.05, 0.1) is 0 Å². The smallest absolute Gasteiger partial charge is 0.115 e. The fourth-order valence-electron chi connectivity index (χ4n) is 2.56. The molecule has 0 bridgehead atoms. The Bertz CT molecular complexity index is 856. The lowest BCUT2D eigenvalue weighted by Gasteiger charge is -2.08. The predicted molar refractivity (Wildman–Crippen MR) is 98.2 cm³/mol. The molecule has 4 rings (SSSR count). The van der Waals surface area contributed by atoms with Gasteiger partial charge in [-0.25, -0.2) is 19.9 Å². The van der Waals surface area contributed by atoms with Gasteiger partial charge < -0.3 is 5.32 Å². The lowest BCUT2D eigenvalue weighted by molar-refractivity contribution is 1.17. The van der Waals surface area contributed by atoms with Crippen molar-refractivity contribution in [1.82, 2.24) is 19.9 Å². The van der Waals surface area contributed by atoms with Crippen molar-refractivity contribution in [3.05, 3.63) is 86.0 Å². The molecule has 5 nitrogen and oxygen atoms in total. The van der Waals surface area contributed by atoms with Crippen LogP contribution < -0.4 is 5.32 Å². The minimum absolute atomic E-state index is 1.00. The van der Waals surface area contributed by atoms with Crippen molar-refractivity contribution >= 4 is 11.4 Å². The van der Waals surface area contributed by atoms with E-state index in [2.05, 4.69) is 49.5 Å². The van der Waals surface area contributed by atoms with Crippen LogP contribution in [0.25, 0.3) is 22.3 Å². The van der Waals surface area contributed by atoms with E-state index >= 15 is 0 Å². The maximum absolute atomic E-state index is 4.05. The van der Waals surface area contributed by atoms with Gasteiger partial charge in [0, 0.05) is 47.3 Å². The van der Waals surface area contributed by atoms with Crippen molar-refractivity contribution in [1.29, 1.82) is 0 Å². The molecule has 2 heterocycles. The zero-order valence-electron chi connectivity index (χ0n) is 13.4. The van der Waals surface area contributed by atoms with Crippen LogP contribution in [0.5, 0.6) is 0 Å². The topological polar surface area (TPSA) is 63.6 Å². The summed E-state index contributed by atoms with van der Waals surface area (Å²) in [5.74, 6) is 0. The van der Waals surface area contributed by atoms with Gasteiger partial charge in [0.15, 0.2) is 0 Å². The van der Waals surface area contributed by atoms with Crippen molar-refractivity contribution in [3.63, 3.8) is 0 Å². The Morgan fingerprint density at radius 1 is 0.440 bits per heavy atom. The fourth-order valence-corrected chi connectivity index (χ4v) is 2.56. The maximum Gasteiger partial charge on any atom is 0.115 e. The minimum atomic E-state index is 1.00. The molecule has 0 fully saturated rings. The molecule has 0 spiro atoms. The molecule has 2 aromatic carbocycles. The summed E-state index contributed by atoms with van der Waals surface area (Å²) in [7, 11) is 0. The second-order valence-corrected chi connectivity index (χ2v) is 5.53. The van der Waals surface area contributed by atoms with Gasteiger partial charge in [0.25, 0.3) is 0 Å². The Morgan fingerprint density at radius 2 is 0.800 bits per heavy atom. The number of aromatic nitrogens is 4. The van der Waals surface area contributed by atoms with E-state index in [0.717, 1.165) is 33.6 Å². The summed E-state index contributed by atoms with van der Waals surface area (Å²) >= 11 is 0. The maximum atomic E-state index is 4.05. The van der Waals surface area contributed by atoms with Crippen LogP contribution >= 0.6 is 0 Å². The second-order valence-electron chi connectivity index (χ2n) is 5.53. The highest BCUT2D eigenvalue weighted by Gasteiger charge is 2.01. The van der Waals surface area contributed by atoms with E-state index in [1.54, 1.807) is 24.8 Å². The van der Waals surface area contributed by atoms with Gasteiger partial charge in [-0.1, -0.05) is 24.3 Å². The summed E-state index contributed by atoms with van der Waals surface area (Å²) < 4.78 is 0. The van der Waals surface area contributed by atoms with Gasteiger partial charge in [0.2, 0.25) is 0 Å². The van der Waals surface area contributed by atoms with E-state index in [0.29, 0.717) is 0 Å². The molecule has 1 N–H and O–H groups in total. The molecule has 0 aliphatic heterocycles. The SMILES string of the molecule is c1ncc(-c2ccc(Nc3ccc(-c4cncnc4)cc3)cc2)cn1. The minimum Gasteiger partial charge on any atom is -0.356 e. The van der Waals surface area contributed by atoms with Crippen LogP contribution in [-0.4, -0.2) is 19.9 Å². The zero-order chi connectivity index (χ0) is 16.9. The van der Waals surface area contributed by atoms with Gasteiger partial charge in [-0.3, -0.25) is 0 Å². The quantitative estimate of drug-likeness (QED) is 0.604. The van der Waals surface area contributed by atoms with Gasteiger partial charge in [-0.15, -0.1) is 0 Å². The first-order chi connectivity index (χ1) is 12.4. The van der Waals surface area contributed by atoms with E-state index < -0.39 is 0 Å². The molecule has 0 amide bonds. The monoisotopic (exact) mass is 325 g/mol. The first-order valence-corrected chi connectivity index (χ1v) is 7.86. The third kappa shape index (κ3) is 3.50. The van der Waals surface area contributed by atoms with Crippen LogP contribution in [0.4, 0.5) is 11.4 Å².